The van der Waals surface area contributed by atoms with Crippen LogP contribution in [0.5, 0.6) is 0 Å². The summed E-state index contributed by atoms with van der Waals surface area (Å²) in [6.07, 6.45) is 2.20. The molecule has 0 amide bonds. The first-order valence-corrected chi connectivity index (χ1v) is 6.85. The van der Waals surface area contributed by atoms with Crippen LogP contribution in [0.4, 0.5) is 11.4 Å². The molecule has 4 nitrogen and oxygen atoms in total. The summed E-state index contributed by atoms with van der Waals surface area (Å²) in [5.41, 5.74) is 7.70. The van der Waals surface area contributed by atoms with Crippen molar-refractivity contribution >= 4 is 17.3 Å². The molecule has 0 unspecified atom stereocenters. The van der Waals surface area contributed by atoms with E-state index in [-0.39, 0.29) is 5.97 Å². The number of ether oxygens (including phenoxy) is 1. The van der Waals surface area contributed by atoms with Crippen molar-refractivity contribution in [2.45, 2.75) is 33.6 Å². The van der Waals surface area contributed by atoms with Crippen LogP contribution < -0.4 is 11.1 Å². The molecule has 0 aliphatic carbocycles. The van der Waals surface area contributed by atoms with E-state index < -0.39 is 0 Å². The van der Waals surface area contributed by atoms with Gasteiger partial charge in [0, 0.05) is 6.54 Å². The van der Waals surface area contributed by atoms with Gasteiger partial charge in [-0.3, -0.25) is 0 Å². The normalized spacial score (nSPS) is 10.5. The van der Waals surface area contributed by atoms with Gasteiger partial charge in [-0.2, -0.15) is 0 Å². The maximum absolute atomic E-state index is 11.8. The lowest BCUT2D eigenvalue weighted by molar-refractivity contribution is 0.0527. The highest BCUT2D eigenvalue weighted by molar-refractivity contribution is 5.98. The quantitative estimate of drug-likeness (QED) is 0.450. The van der Waals surface area contributed by atoms with Crippen molar-refractivity contribution in [2.24, 2.45) is 5.92 Å². The fraction of sp³-hybridized carbons (Fsp3) is 0.533. The van der Waals surface area contributed by atoms with Crippen LogP contribution in [-0.4, -0.2) is 19.1 Å². The topological polar surface area (TPSA) is 64.3 Å². The summed E-state index contributed by atoms with van der Waals surface area (Å²) >= 11 is 0. The van der Waals surface area contributed by atoms with E-state index in [9.17, 15) is 4.79 Å². The van der Waals surface area contributed by atoms with Gasteiger partial charge in [-0.1, -0.05) is 19.9 Å². The van der Waals surface area contributed by atoms with Gasteiger partial charge >= 0.3 is 5.97 Å². The number of nitrogens with one attached hydrogen (secondary N) is 1. The lowest BCUT2D eigenvalue weighted by Gasteiger charge is -2.14. The molecule has 0 atom stereocenters. The second-order valence-electron chi connectivity index (χ2n) is 4.95. The predicted molar refractivity (Wildman–Crippen MR) is 79.4 cm³/mol. The van der Waals surface area contributed by atoms with Gasteiger partial charge in [-0.25, -0.2) is 4.79 Å². The number of para-hydroxylation sites is 1. The first-order valence-electron chi connectivity index (χ1n) is 6.85. The number of carbonyl (C=O) groups is 1. The molecular weight excluding hydrogens is 240 g/mol. The Hall–Kier alpha value is -1.71. The van der Waals surface area contributed by atoms with E-state index in [0.717, 1.165) is 19.4 Å². The van der Waals surface area contributed by atoms with Gasteiger partial charge in [0.2, 0.25) is 0 Å². The Bertz CT molecular complexity index is 417. The Morgan fingerprint density at radius 2 is 2.16 bits per heavy atom. The summed E-state index contributed by atoms with van der Waals surface area (Å²) in [7, 11) is 0. The number of rotatable bonds is 7. The standard InChI is InChI=1S/C15H24N2O2/c1-4-19-15(18)12-8-5-9-13(16)14(12)17-10-6-7-11(2)3/h5,8-9,11,17H,4,6-7,10,16H2,1-3H3. The van der Waals surface area contributed by atoms with Gasteiger partial charge in [0.1, 0.15) is 0 Å². The summed E-state index contributed by atoms with van der Waals surface area (Å²) in [6, 6.07) is 5.29. The van der Waals surface area contributed by atoms with Crippen molar-refractivity contribution in [1.29, 1.82) is 0 Å². The summed E-state index contributed by atoms with van der Waals surface area (Å²) in [5, 5.41) is 3.25. The molecule has 3 N–H and O–H groups in total. The van der Waals surface area contributed by atoms with Gasteiger partial charge in [-0.05, 0) is 37.8 Å². The number of hydrogen-bond acceptors (Lipinski definition) is 4. The average molecular weight is 264 g/mol. The van der Waals surface area contributed by atoms with Gasteiger partial charge in [0.05, 0.1) is 23.5 Å². The molecule has 1 rings (SSSR count). The van der Waals surface area contributed by atoms with Crippen LogP contribution in [0.25, 0.3) is 0 Å². The Morgan fingerprint density at radius 1 is 1.42 bits per heavy atom. The monoisotopic (exact) mass is 264 g/mol. The summed E-state index contributed by atoms with van der Waals surface area (Å²) in [5.74, 6) is 0.348. The molecule has 1 aromatic carbocycles. The van der Waals surface area contributed by atoms with Crippen LogP contribution in [0.2, 0.25) is 0 Å². The lowest BCUT2D eigenvalue weighted by Crippen LogP contribution is -2.12. The second-order valence-corrected chi connectivity index (χ2v) is 4.95. The van der Waals surface area contributed by atoms with E-state index in [2.05, 4.69) is 19.2 Å². The van der Waals surface area contributed by atoms with Gasteiger partial charge in [-0.15, -0.1) is 0 Å². The number of nitrogen functional groups attached to an aromatic ring is 1. The van der Waals surface area contributed by atoms with E-state index in [4.69, 9.17) is 10.5 Å². The minimum absolute atomic E-state index is 0.332. The van der Waals surface area contributed by atoms with Crippen molar-refractivity contribution in [3.05, 3.63) is 23.8 Å². The van der Waals surface area contributed by atoms with E-state index in [1.54, 1.807) is 25.1 Å². The van der Waals surface area contributed by atoms with Crippen LogP contribution in [0, 0.1) is 5.92 Å². The van der Waals surface area contributed by atoms with Gasteiger partial charge < -0.3 is 15.8 Å². The molecule has 106 valence electrons. The molecule has 0 aliphatic heterocycles. The van der Waals surface area contributed by atoms with Crippen molar-refractivity contribution in [2.75, 3.05) is 24.2 Å². The summed E-state index contributed by atoms with van der Waals surface area (Å²) in [4.78, 5) is 11.8. The van der Waals surface area contributed by atoms with Crippen LogP contribution in [0.1, 0.15) is 44.0 Å². The zero-order valence-corrected chi connectivity index (χ0v) is 12.0. The van der Waals surface area contributed by atoms with E-state index in [0.29, 0.717) is 29.5 Å². The van der Waals surface area contributed by atoms with E-state index in [1.165, 1.54) is 0 Å². The number of hydrogen-bond donors (Lipinski definition) is 2. The number of benzene rings is 1. The second kappa shape index (κ2) is 7.67. The minimum Gasteiger partial charge on any atom is -0.462 e. The zero-order valence-electron chi connectivity index (χ0n) is 12.0. The number of carbonyl (C=O) groups excluding carboxylic acids is 1. The molecule has 0 aliphatic rings. The van der Waals surface area contributed by atoms with Crippen LogP contribution in [0.15, 0.2) is 18.2 Å². The third-order valence-corrected chi connectivity index (χ3v) is 2.85. The molecule has 0 radical (unpaired) electrons. The maximum Gasteiger partial charge on any atom is 0.340 e. The Morgan fingerprint density at radius 3 is 2.79 bits per heavy atom. The molecule has 0 fully saturated rings. The molecule has 0 saturated heterocycles. The molecule has 19 heavy (non-hydrogen) atoms. The third-order valence-electron chi connectivity index (χ3n) is 2.85. The average Bonchev–Trinajstić information content (AvgIpc) is 2.36. The molecule has 0 aromatic heterocycles. The van der Waals surface area contributed by atoms with Crippen molar-refractivity contribution in [3.63, 3.8) is 0 Å². The molecule has 4 heteroatoms. The summed E-state index contributed by atoms with van der Waals surface area (Å²) < 4.78 is 5.03. The molecule has 0 heterocycles. The number of anilines is 2. The zero-order chi connectivity index (χ0) is 14.3. The first kappa shape index (κ1) is 15.3. The number of esters is 1. The smallest absolute Gasteiger partial charge is 0.340 e. The molecule has 1 aromatic rings. The van der Waals surface area contributed by atoms with E-state index in [1.807, 2.05) is 0 Å². The van der Waals surface area contributed by atoms with Crippen molar-refractivity contribution in [1.82, 2.24) is 0 Å². The highest BCUT2D eigenvalue weighted by atomic mass is 16.5. The minimum atomic E-state index is -0.332. The first-order chi connectivity index (χ1) is 9.06. The highest BCUT2D eigenvalue weighted by Crippen LogP contribution is 2.24. The Kier molecular flexibility index (Phi) is 6.19. The SMILES string of the molecule is CCOC(=O)c1cccc(N)c1NCCCC(C)C. The van der Waals surface area contributed by atoms with E-state index >= 15 is 0 Å². The highest BCUT2D eigenvalue weighted by Gasteiger charge is 2.14. The van der Waals surface area contributed by atoms with Crippen LogP contribution in [0.3, 0.4) is 0 Å². The fourth-order valence-corrected chi connectivity index (χ4v) is 1.87. The lowest BCUT2D eigenvalue weighted by atomic mass is 10.1. The Labute approximate surface area is 115 Å². The molecule has 0 spiro atoms. The van der Waals surface area contributed by atoms with Gasteiger partial charge in [0.25, 0.3) is 0 Å². The largest absolute Gasteiger partial charge is 0.462 e. The maximum atomic E-state index is 11.8. The Balaban J connectivity index is 2.72. The number of nitrogens with two attached hydrogens (primary N) is 1. The van der Waals surface area contributed by atoms with Crippen LogP contribution in [-0.2, 0) is 4.74 Å². The van der Waals surface area contributed by atoms with Gasteiger partial charge in [0.15, 0.2) is 0 Å². The molecule has 0 bridgehead atoms. The fourth-order valence-electron chi connectivity index (χ4n) is 1.87. The summed E-state index contributed by atoms with van der Waals surface area (Å²) in [6.45, 7) is 7.35. The molecular formula is C15H24N2O2. The van der Waals surface area contributed by atoms with Crippen molar-refractivity contribution < 1.29 is 9.53 Å². The third kappa shape index (κ3) is 4.81. The van der Waals surface area contributed by atoms with Crippen molar-refractivity contribution in [3.8, 4) is 0 Å². The predicted octanol–water partition coefficient (Wildman–Crippen LogP) is 3.29. The molecule has 0 saturated carbocycles. The van der Waals surface area contributed by atoms with Crippen LogP contribution >= 0.6 is 0 Å².